The summed E-state index contributed by atoms with van der Waals surface area (Å²) in [6.07, 6.45) is 1.43. The number of hydrogen-bond donors (Lipinski definition) is 1. The van der Waals surface area contributed by atoms with Crippen LogP contribution in [0.3, 0.4) is 0 Å². The quantitative estimate of drug-likeness (QED) is 0.908. The summed E-state index contributed by atoms with van der Waals surface area (Å²) in [7, 11) is 1.99. The van der Waals surface area contributed by atoms with Crippen LogP contribution in [0.2, 0.25) is 0 Å². The summed E-state index contributed by atoms with van der Waals surface area (Å²) in [5.74, 6) is 1.87. The van der Waals surface area contributed by atoms with Gasteiger partial charge in [-0.25, -0.2) is 0 Å². The van der Waals surface area contributed by atoms with E-state index in [1.165, 1.54) is 0 Å². The Morgan fingerprint density at radius 3 is 2.85 bits per heavy atom. The lowest BCUT2D eigenvalue weighted by Crippen LogP contribution is -2.25. The second-order valence-corrected chi connectivity index (χ2v) is 5.36. The third-order valence-corrected chi connectivity index (χ3v) is 4.06. The highest BCUT2D eigenvalue weighted by Crippen LogP contribution is 2.33. The molecule has 1 aliphatic rings. The molecule has 2 heterocycles. The molecule has 5 nitrogen and oxygen atoms in total. The molecule has 1 aromatic carbocycles. The van der Waals surface area contributed by atoms with Crippen molar-refractivity contribution in [2.45, 2.75) is 32.4 Å². The lowest BCUT2D eigenvalue weighted by atomic mass is 10.0. The molecule has 5 heteroatoms. The van der Waals surface area contributed by atoms with Crippen LogP contribution in [0.1, 0.15) is 36.2 Å². The summed E-state index contributed by atoms with van der Waals surface area (Å²) < 4.78 is 2.02. The zero-order valence-corrected chi connectivity index (χ0v) is 12.0. The molecule has 0 radical (unpaired) electrons. The number of nitrogens with zero attached hydrogens (tertiary/aromatic N) is 4. The Labute approximate surface area is 118 Å². The predicted molar refractivity (Wildman–Crippen MR) is 77.4 cm³/mol. The van der Waals surface area contributed by atoms with Crippen molar-refractivity contribution in [3.63, 3.8) is 0 Å². The molecule has 1 N–H and O–H groups in total. The maximum atomic E-state index is 10.2. The van der Waals surface area contributed by atoms with E-state index in [2.05, 4.69) is 21.2 Å². The molecule has 1 unspecified atom stereocenters. The van der Waals surface area contributed by atoms with Gasteiger partial charge in [0.15, 0.2) is 5.82 Å². The van der Waals surface area contributed by atoms with Crippen molar-refractivity contribution in [3.05, 3.63) is 41.5 Å². The first kappa shape index (κ1) is 13.1. The van der Waals surface area contributed by atoms with Crippen LogP contribution < -0.4 is 4.90 Å². The van der Waals surface area contributed by atoms with E-state index in [0.717, 1.165) is 48.8 Å². The van der Waals surface area contributed by atoms with E-state index in [0.29, 0.717) is 0 Å². The van der Waals surface area contributed by atoms with Gasteiger partial charge in [-0.2, -0.15) is 0 Å². The summed E-state index contributed by atoms with van der Waals surface area (Å²) in [4.78, 5) is 2.29. The minimum absolute atomic E-state index is 0.363. The van der Waals surface area contributed by atoms with Crippen LogP contribution in [0.4, 0.5) is 5.69 Å². The Kier molecular flexibility index (Phi) is 3.44. The number of aliphatic hydroxyl groups is 1. The van der Waals surface area contributed by atoms with Gasteiger partial charge in [-0.05, 0) is 25.8 Å². The monoisotopic (exact) mass is 272 g/mol. The Balaban J connectivity index is 1.93. The van der Waals surface area contributed by atoms with Crippen LogP contribution in [0.25, 0.3) is 0 Å². The summed E-state index contributed by atoms with van der Waals surface area (Å²) >= 11 is 0. The molecule has 1 atom stereocenters. The van der Waals surface area contributed by atoms with E-state index in [9.17, 15) is 5.11 Å². The molecule has 3 rings (SSSR count). The molecule has 1 aromatic heterocycles. The maximum Gasteiger partial charge on any atom is 0.152 e. The van der Waals surface area contributed by atoms with E-state index in [-0.39, 0.29) is 6.10 Å². The lowest BCUT2D eigenvalue weighted by molar-refractivity contribution is 0.168. The molecule has 0 spiro atoms. The summed E-state index contributed by atoms with van der Waals surface area (Å²) in [5, 5.41) is 18.6. The highest BCUT2D eigenvalue weighted by molar-refractivity contribution is 5.55. The zero-order valence-electron chi connectivity index (χ0n) is 12.0. The van der Waals surface area contributed by atoms with E-state index >= 15 is 0 Å². The molecule has 0 saturated heterocycles. The van der Waals surface area contributed by atoms with Gasteiger partial charge in [0.2, 0.25) is 0 Å². The van der Waals surface area contributed by atoms with Gasteiger partial charge in [-0.3, -0.25) is 0 Å². The summed E-state index contributed by atoms with van der Waals surface area (Å²) in [5.41, 5.74) is 2.13. The van der Waals surface area contributed by atoms with Crippen molar-refractivity contribution in [2.24, 2.45) is 7.05 Å². The van der Waals surface area contributed by atoms with Crippen LogP contribution in [0.5, 0.6) is 0 Å². The Hall–Kier alpha value is -1.88. The second-order valence-electron chi connectivity index (χ2n) is 5.36. The second kappa shape index (κ2) is 5.25. The minimum Gasteiger partial charge on any atom is -0.388 e. The maximum absolute atomic E-state index is 10.2. The number of anilines is 1. The van der Waals surface area contributed by atoms with Crippen molar-refractivity contribution in [3.8, 4) is 0 Å². The van der Waals surface area contributed by atoms with Crippen molar-refractivity contribution in [1.29, 1.82) is 0 Å². The van der Waals surface area contributed by atoms with E-state index in [4.69, 9.17) is 0 Å². The molecule has 0 aliphatic carbocycles. The molecule has 0 fully saturated rings. The summed E-state index contributed by atoms with van der Waals surface area (Å²) in [6, 6.07) is 8.09. The van der Waals surface area contributed by atoms with Crippen LogP contribution >= 0.6 is 0 Å². The SMILES string of the molecule is Cc1nnc(CN2CCCC(O)c3ccccc32)n1C. The fourth-order valence-corrected chi connectivity index (χ4v) is 2.73. The lowest BCUT2D eigenvalue weighted by Gasteiger charge is -2.24. The molecular formula is C15H20N4O. The van der Waals surface area contributed by atoms with Crippen LogP contribution in [0, 0.1) is 6.92 Å². The first-order chi connectivity index (χ1) is 9.66. The van der Waals surface area contributed by atoms with Gasteiger partial charge in [0, 0.05) is 24.8 Å². The van der Waals surface area contributed by atoms with Crippen LogP contribution in [0.15, 0.2) is 24.3 Å². The van der Waals surface area contributed by atoms with E-state index in [1.807, 2.05) is 36.7 Å². The number of para-hydroxylation sites is 1. The molecule has 2 aromatic rings. The Bertz CT molecular complexity index is 608. The minimum atomic E-state index is -0.363. The molecule has 1 aliphatic heterocycles. The van der Waals surface area contributed by atoms with Crippen LogP contribution in [-0.4, -0.2) is 26.4 Å². The number of hydrogen-bond acceptors (Lipinski definition) is 4. The van der Waals surface area contributed by atoms with Crippen molar-refractivity contribution < 1.29 is 5.11 Å². The number of benzene rings is 1. The molecule has 106 valence electrons. The topological polar surface area (TPSA) is 54.2 Å². The van der Waals surface area contributed by atoms with Gasteiger partial charge in [0.25, 0.3) is 0 Å². The number of aliphatic hydroxyl groups excluding tert-OH is 1. The molecule has 0 saturated carbocycles. The van der Waals surface area contributed by atoms with E-state index in [1.54, 1.807) is 0 Å². The molecule has 20 heavy (non-hydrogen) atoms. The van der Waals surface area contributed by atoms with Crippen LogP contribution in [-0.2, 0) is 13.6 Å². The molecular weight excluding hydrogens is 252 g/mol. The number of aryl methyl sites for hydroxylation is 1. The number of fused-ring (bicyclic) bond motifs is 1. The molecule has 0 bridgehead atoms. The third-order valence-electron chi connectivity index (χ3n) is 4.06. The van der Waals surface area contributed by atoms with Gasteiger partial charge < -0.3 is 14.6 Å². The Morgan fingerprint density at radius 1 is 1.30 bits per heavy atom. The zero-order chi connectivity index (χ0) is 14.1. The average molecular weight is 272 g/mol. The summed E-state index contributed by atoms with van der Waals surface area (Å²) in [6.45, 7) is 3.61. The van der Waals surface area contributed by atoms with Gasteiger partial charge in [-0.1, -0.05) is 18.2 Å². The van der Waals surface area contributed by atoms with Crippen molar-refractivity contribution >= 4 is 5.69 Å². The average Bonchev–Trinajstić information content (AvgIpc) is 2.69. The highest BCUT2D eigenvalue weighted by atomic mass is 16.3. The standard InChI is InChI=1S/C15H20N4O/c1-11-16-17-15(18(11)2)10-19-9-5-8-14(20)12-6-3-4-7-13(12)19/h3-4,6-7,14,20H,5,8-10H2,1-2H3. The van der Waals surface area contributed by atoms with Crippen molar-refractivity contribution in [2.75, 3.05) is 11.4 Å². The first-order valence-electron chi connectivity index (χ1n) is 7.03. The Morgan fingerprint density at radius 2 is 2.10 bits per heavy atom. The van der Waals surface area contributed by atoms with E-state index < -0.39 is 0 Å². The van der Waals surface area contributed by atoms with Gasteiger partial charge in [-0.15, -0.1) is 10.2 Å². The largest absolute Gasteiger partial charge is 0.388 e. The van der Waals surface area contributed by atoms with Crippen molar-refractivity contribution in [1.82, 2.24) is 14.8 Å². The molecule has 0 amide bonds. The first-order valence-corrected chi connectivity index (χ1v) is 7.03. The fraction of sp³-hybridized carbons (Fsp3) is 0.467. The predicted octanol–water partition coefficient (Wildman–Crippen LogP) is 1.96. The normalized spacial score (nSPS) is 18.8. The fourth-order valence-electron chi connectivity index (χ4n) is 2.73. The highest BCUT2D eigenvalue weighted by Gasteiger charge is 2.22. The van der Waals surface area contributed by atoms with Gasteiger partial charge in [0.1, 0.15) is 5.82 Å². The van der Waals surface area contributed by atoms with Gasteiger partial charge >= 0.3 is 0 Å². The smallest absolute Gasteiger partial charge is 0.152 e. The number of aromatic nitrogens is 3. The number of rotatable bonds is 2. The van der Waals surface area contributed by atoms with Gasteiger partial charge in [0.05, 0.1) is 12.6 Å². The third kappa shape index (κ3) is 2.29.